The predicted octanol–water partition coefficient (Wildman–Crippen LogP) is 4.54. The SMILES string of the molecule is O=C(c1ccc(F)cc1)N1CCC(CCN2CCN(c3ccc(Cl)cc3)CC2)CC1. The molecule has 2 heterocycles. The Kier molecular flexibility index (Phi) is 6.90. The van der Waals surface area contributed by atoms with Gasteiger partial charge in [-0.3, -0.25) is 9.69 Å². The zero-order chi connectivity index (χ0) is 20.9. The second kappa shape index (κ2) is 9.80. The van der Waals surface area contributed by atoms with Gasteiger partial charge in [0.1, 0.15) is 5.82 Å². The number of anilines is 1. The number of benzene rings is 2. The van der Waals surface area contributed by atoms with E-state index in [1.807, 2.05) is 17.0 Å². The molecule has 4 nitrogen and oxygen atoms in total. The minimum absolute atomic E-state index is 0.0202. The van der Waals surface area contributed by atoms with Crippen molar-refractivity contribution in [1.29, 1.82) is 0 Å². The fourth-order valence-corrected chi connectivity index (χ4v) is 4.57. The first-order valence-corrected chi connectivity index (χ1v) is 11.2. The van der Waals surface area contributed by atoms with E-state index in [4.69, 9.17) is 11.6 Å². The molecule has 6 heteroatoms. The molecule has 2 fully saturated rings. The van der Waals surface area contributed by atoms with Crippen LogP contribution < -0.4 is 4.90 Å². The number of hydrogen-bond acceptors (Lipinski definition) is 3. The predicted molar refractivity (Wildman–Crippen MR) is 120 cm³/mol. The summed E-state index contributed by atoms with van der Waals surface area (Å²) in [6.45, 7) is 7.00. The van der Waals surface area contributed by atoms with Gasteiger partial charge < -0.3 is 9.80 Å². The lowest BCUT2D eigenvalue weighted by atomic mass is 9.93. The Bertz CT molecular complexity index is 827. The average Bonchev–Trinajstić information content (AvgIpc) is 2.79. The van der Waals surface area contributed by atoms with Gasteiger partial charge in [-0.1, -0.05) is 11.6 Å². The largest absolute Gasteiger partial charge is 0.369 e. The lowest BCUT2D eigenvalue weighted by Crippen LogP contribution is -2.47. The van der Waals surface area contributed by atoms with Crippen LogP contribution in [0.4, 0.5) is 10.1 Å². The van der Waals surface area contributed by atoms with Crippen LogP contribution in [0.1, 0.15) is 29.6 Å². The lowest BCUT2D eigenvalue weighted by molar-refractivity contribution is 0.0680. The van der Waals surface area contributed by atoms with Crippen LogP contribution in [-0.2, 0) is 0 Å². The van der Waals surface area contributed by atoms with Crippen molar-refractivity contribution < 1.29 is 9.18 Å². The number of nitrogens with zero attached hydrogens (tertiary/aromatic N) is 3. The summed E-state index contributed by atoms with van der Waals surface area (Å²) >= 11 is 5.99. The zero-order valence-corrected chi connectivity index (χ0v) is 18.0. The third-order valence-corrected chi connectivity index (χ3v) is 6.66. The third kappa shape index (κ3) is 5.32. The number of carbonyl (C=O) groups excluding carboxylic acids is 1. The van der Waals surface area contributed by atoms with Crippen LogP contribution >= 0.6 is 11.6 Å². The third-order valence-electron chi connectivity index (χ3n) is 6.41. The van der Waals surface area contributed by atoms with Crippen LogP contribution in [0.3, 0.4) is 0 Å². The van der Waals surface area contributed by atoms with E-state index < -0.39 is 0 Å². The Morgan fingerprint density at radius 2 is 1.53 bits per heavy atom. The van der Waals surface area contributed by atoms with Gasteiger partial charge in [-0.2, -0.15) is 0 Å². The van der Waals surface area contributed by atoms with Crippen LogP contribution in [-0.4, -0.2) is 61.5 Å². The van der Waals surface area contributed by atoms with E-state index >= 15 is 0 Å². The second-order valence-corrected chi connectivity index (χ2v) is 8.77. The maximum absolute atomic E-state index is 13.1. The minimum Gasteiger partial charge on any atom is -0.369 e. The van der Waals surface area contributed by atoms with Gasteiger partial charge in [0, 0.05) is 55.5 Å². The van der Waals surface area contributed by atoms with Crippen molar-refractivity contribution in [2.24, 2.45) is 5.92 Å². The maximum atomic E-state index is 13.1. The molecule has 0 N–H and O–H groups in total. The molecule has 4 rings (SSSR count). The summed E-state index contributed by atoms with van der Waals surface area (Å²) in [7, 11) is 0. The molecule has 0 atom stereocenters. The van der Waals surface area contributed by atoms with Crippen molar-refractivity contribution in [2.45, 2.75) is 19.3 Å². The summed E-state index contributed by atoms with van der Waals surface area (Å²) in [5.74, 6) is 0.391. The molecular weight excluding hydrogens is 401 g/mol. The molecule has 2 aliphatic heterocycles. The number of piperazine rings is 1. The Labute approximate surface area is 183 Å². The zero-order valence-electron chi connectivity index (χ0n) is 17.3. The highest BCUT2D eigenvalue weighted by Crippen LogP contribution is 2.24. The Balaban J connectivity index is 1.17. The number of piperidine rings is 1. The quantitative estimate of drug-likeness (QED) is 0.698. The molecule has 0 bridgehead atoms. The molecule has 0 unspecified atom stereocenters. The fraction of sp³-hybridized carbons (Fsp3) is 0.458. The molecule has 1 amide bonds. The van der Waals surface area contributed by atoms with Crippen LogP contribution in [0.5, 0.6) is 0 Å². The number of amides is 1. The molecule has 0 radical (unpaired) electrons. The van der Waals surface area contributed by atoms with E-state index in [-0.39, 0.29) is 11.7 Å². The highest BCUT2D eigenvalue weighted by Gasteiger charge is 2.25. The molecule has 30 heavy (non-hydrogen) atoms. The van der Waals surface area contributed by atoms with Crippen molar-refractivity contribution in [2.75, 3.05) is 50.7 Å². The summed E-state index contributed by atoms with van der Waals surface area (Å²) in [5, 5.41) is 0.780. The highest BCUT2D eigenvalue weighted by atomic mass is 35.5. The number of rotatable bonds is 5. The first-order chi connectivity index (χ1) is 14.6. The highest BCUT2D eigenvalue weighted by molar-refractivity contribution is 6.30. The van der Waals surface area contributed by atoms with E-state index in [0.29, 0.717) is 11.5 Å². The van der Waals surface area contributed by atoms with Crippen LogP contribution in [0.25, 0.3) is 0 Å². The van der Waals surface area contributed by atoms with Gasteiger partial charge in [-0.15, -0.1) is 0 Å². The first kappa shape index (κ1) is 21.1. The van der Waals surface area contributed by atoms with E-state index in [9.17, 15) is 9.18 Å². The van der Waals surface area contributed by atoms with Crippen molar-refractivity contribution in [3.8, 4) is 0 Å². The van der Waals surface area contributed by atoms with Gasteiger partial charge in [-0.05, 0) is 80.3 Å². The standard InChI is InChI=1S/C24H29ClFN3O/c25-21-3-7-23(8-4-21)28-17-15-27(16-18-28)12-9-19-10-13-29(14-11-19)24(30)20-1-5-22(26)6-2-20/h1-8,19H,9-18H2. The van der Waals surface area contributed by atoms with E-state index in [0.717, 1.165) is 63.7 Å². The van der Waals surface area contributed by atoms with Gasteiger partial charge >= 0.3 is 0 Å². The lowest BCUT2D eigenvalue weighted by Gasteiger charge is -2.37. The Morgan fingerprint density at radius 1 is 0.900 bits per heavy atom. The Morgan fingerprint density at radius 3 is 2.17 bits per heavy atom. The smallest absolute Gasteiger partial charge is 0.253 e. The topological polar surface area (TPSA) is 26.8 Å². The molecule has 2 saturated heterocycles. The van der Waals surface area contributed by atoms with E-state index in [1.165, 1.54) is 24.2 Å². The number of halogens is 2. The molecule has 0 spiro atoms. The fourth-order valence-electron chi connectivity index (χ4n) is 4.45. The summed E-state index contributed by atoms with van der Waals surface area (Å²) < 4.78 is 13.1. The molecule has 2 aliphatic rings. The number of carbonyl (C=O) groups is 1. The summed E-state index contributed by atoms with van der Waals surface area (Å²) in [5.41, 5.74) is 1.82. The van der Waals surface area contributed by atoms with Crippen molar-refractivity contribution in [3.05, 3.63) is 64.9 Å². The maximum Gasteiger partial charge on any atom is 0.253 e. The number of likely N-dealkylation sites (tertiary alicyclic amines) is 1. The molecule has 0 saturated carbocycles. The van der Waals surface area contributed by atoms with Gasteiger partial charge in [0.15, 0.2) is 0 Å². The van der Waals surface area contributed by atoms with Gasteiger partial charge in [0.05, 0.1) is 0 Å². The molecule has 0 aromatic heterocycles. The molecule has 2 aromatic rings. The summed E-state index contributed by atoms with van der Waals surface area (Å²) in [4.78, 5) is 19.5. The van der Waals surface area contributed by atoms with E-state index in [2.05, 4.69) is 21.9 Å². The molecular formula is C24H29ClFN3O. The number of hydrogen-bond donors (Lipinski definition) is 0. The average molecular weight is 430 g/mol. The van der Waals surface area contributed by atoms with Gasteiger partial charge in [0.25, 0.3) is 5.91 Å². The summed E-state index contributed by atoms with van der Waals surface area (Å²) in [6, 6.07) is 14.0. The normalized spacial score (nSPS) is 18.6. The van der Waals surface area contributed by atoms with Gasteiger partial charge in [-0.25, -0.2) is 4.39 Å². The molecule has 2 aromatic carbocycles. The van der Waals surface area contributed by atoms with Gasteiger partial charge in [0.2, 0.25) is 0 Å². The Hall–Kier alpha value is -2.11. The van der Waals surface area contributed by atoms with E-state index in [1.54, 1.807) is 12.1 Å². The minimum atomic E-state index is -0.306. The first-order valence-electron chi connectivity index (χ1n) is 10.9. The molecule has 160 valence electrons. The van der Waals surface area contributed by atoms with Crippen molar-refractivity contribution in [1.82, 2.24) is 9.80 Å². The second-order valence-electron chi connectivity index (χ2n) is 8.34. The van der Waals surface area contributed by atoms with Crippen LogP contribution in [0.2, 0.25) is 5.02 Å². The van der Waals surface area contributed by atoms with Crippen molar-refractivity contribution >= 4 is 23.2 Å². The monoisotopic (exact) mass is 429 g/mol. The van der Waals surface area contributed by atoms with Crippen LogP contribution in [0, 0.1) is 11.7 Å². The van der Waals surface area contributed by atoms with Crippen LogP contribution in [0.15, 0.2) is 48.5 Å². The van der Waals surface area contributed by atoms with Crippen molar-refractivity contribution in [3.63, 3.8) is 0 Å². The summed E-state index contributed by atoms with van der Waals surface area (Å²) in [6.07, 6.45) is 3.30. The molecule has 0 aliphatic carbocycles.